The van der Waals surface area contributed by atoms with Gasteiger partial charge in [0.2, 0.25) is 5.91 Å². The molecule has 0 fully saturated rings. The lowest BCUT2D eigenvalue weighted by atomic mass is 10.3. The summed E-state index contributed by atoms with van der Waals surface area (Å²) >= 11 is 0. The summed E-state index contributed by atoms with van der Waals surface area (Å²) in [5, 5.41) is 2.71. The highest BCUT2D eigenvalue weighted by Gasteiger charge is 2.12. The van der Waals surface area contributed by atoms with Crippen LogP contribution in [0.2, 0.25) is 0 Å². The number of oxazole rings is 1. The minimum Gasteiger partial charge on any atom is -0.493 e. The number of fused-ring (bicyclic) bond motifs is 1. The summed E-state index contributed by atoms with van der Waals surface area (Å²) in [6.45, 7) is 0.485. The maximum Gasteiger partial charge on any atom is 0.420 e. The first-order chi connectivity index (χ1) is 12.2. The molecule has 130 valence electrons. The van der Waals surface area contributed by atoms with E-state index < -0.39 is 5.76 Å². The number of hydrogen-bond donors (Lipinski definition) is 1. The quantitative estimate of drug-likeness (QED) is 0.662. The molecule has 0 aliphatic heterocycles. The fourth-order valence-electron chi connectivity index (χ4n) is 2.45. The van der Waals surface area contributed by atoms with E-state index in [1.54, 1.807) is 43.5 Å². The number of ether oxygens (including phenoxy) is 2. The minimum absolute atomic E-state index is 0.107. The second-order valence-electron chi connectivity index (χ2n) is 5.27. The van der Waals surface area contributed by atoms with Crippen LogP contribution in [0.15, 0.2) is 57.7 Å². The van der Waals surface area contributed by atoms with Crippen LogP contribution in [-0.4, -0.2) is 30.7 Å². The predicted octanol–water partition coefficient (Wildman–Crippen LogP) is 1.80. The molecule has 0 spiro atoms. The summed E-state index contributed by atoms with van der Waals surface area (Å²) < 4.78 is 17.2. The smallest absolute Gasteiger partial charge is 0.420 e. The number of rotatable bonds is 7. The van der Waals surface area contributed by atoms with Gasteiger partial charge in [-0.25, -0.2) is 4.79 Å². The summed E-state index contributed by atoms with van der Waals surface area (Å²) in [7, 11) is 1.57. The minimum atomic E-state index is -0.554. The lowest BCUT2D eigenvalue weighted by Gasteiger charge is -2.11. The van der Waals surface area contributed by atoms with E-state index in [2.05, 4.69) is 5.32 Å². The number of nitrogens with one attached hydrogen (secondary N) is 1. The molecule has 2 aromatic carbocycles. The van der Waals surface area contributed by atoms with Crippen LogP contribution in [0, 0.1) is 0 Å². The Labute approximate surface area is 143 Å². The van der Waals surface area contributed by atoms with Crippen molar-refractivity contribution in [2.45, 2.75) is 6.54 Å². The van der Waals surface area contributed by atoms with Crippen LogP contribution in [-0.2, 0) is 11.3 Å². The van der Waals surface area contributed by atoms with E-state index in [1.807, 2.05) is 12.1 Å². The van der Waals surface area contributed by atoms with Gasteiger partial charge in [-0.3, -0.25) is 9.36 Å². The van der Waals surface area contributed by atoms with E-state index in [1.165, 1.54) is 4.57 Å². The van der Waals surface area contributed by atoms with Gasteiger partial charge in [-0.05, 0) is 24.3 Å². The lowest BCUT2D eigenvalue weighted by molar-refractivity contribution is -0.121. The summed E-state index contributed by atoms with van der Waals surface area (Å²) in [4.78, 5) is 23.9. The number of hydrogen-bond acceptors (Lipinski definition) is 5. The first-order valence-corrected chi connectivity index (χ1v) is 7.80. The van der Waals surface area contributed by atoms with Crippen LogP contribution in [0.1, 0.15) is 0 Å². The van der Waals surface area contributed by atoms with E-state index in [0.717, 1.165) is 0 Å². The highest BCUT2D eigenvalue weighted by atomic mass is 16.5. The lowest BCUT2D eigenvalue weighted by Crippen LogP contribution is -2.33. The van der Waals surface area contributed by atoms with Gasteiger partial charge in [0.15, 0.2) is 17.1 Å². The molecule has 0 aliphatic rings. The number of methoxy groups -OCH3 is 1. The van der Waals surface area contributed by atoms with Gasteiger partial charge in [0, 0.05) is 0 Å². The van der Waals surface area contributed by atoms with Gasteiger partial charge in [0.1, 0.15) is 13.2 Å². The first kappa shape index (κ1) is 16.6. The van der Waals surface area contributed by atoms with Crippen molar-refractivity contribution >= 4 is 17.0 Å². The highest BCUT2D eigenvalue weighted by Crippen LogP contribution is 2.25. The van der Waals surface area contributed by atoms with Crippen LogP contribution in [0.25, 0.3) is 11.1 Å². The Kier molecular flexibility index (Phi) is 5.03. The fraction of sp³-hybridized carbons (Fsp3) is 0.222. The third-order valence-corrected chi connectivity index (χ3v) is 3.63. The average molecular weight is 342 g/mol. The zero-order valence-corrected chi connectivity index (χ0v) is 13.7. The molecule has 0 aliphatic carbocycles. The van der Waals surface area contributed by atoms with Crippen LogP contribution in [0.5, 0.6) is 11.5 Å². The monoisotopic (exact) mass is 342 g/mol. The molecule has 1 amide bonds. The first-order valence-electron chi connectivity index (χ1n) is 7.80. The second kappa shape index (κ2) is 7.57. The van der Waals surface area contributed by atoms with Crippen molar-refractivity contribution < 1.29 is 18.7 Å². The molecule has 0 saturated heterocycles. The van der Waals surface area contributed by atoms with E-state index >= 15 is 0 Å². The van der Waals surface area contributed by atoms with Crippen LogP contribution < -0.4 is 20.5 Å². The standard InChI is InChI=1S/C18H18N2O5/c1-23-15-8-4-5-9-16(15)24-11-10-19-17(21)12-20-13-6-2-3-7-14(13)25-18(20)22/h2-9H,10-12H2,1H3,(H,19,21). The Morgan fingerprint density at radius 3 is 2.64 bits per heavy atom. The SMILES string of the molecule is COc1ccccc1OCCNC(=O)Cn1c(=O)oc2ccccc21. The molecule has 1 heterocycles. The van der Waals surface area contributed by atoms with E-state index in [0.29, 0.717) is 29.1 Å². The molecule has 0 unspecified atom stereocenters. The third-order valence-electron chi connectivity index (χ3n) is 3.63. The van der Waals surface area contributed by atoms with Crippen molar-refractivity contribution in [1.29, 1.82) is 0 Å². The van der Waals surface area contributed by atoms with Gasteiger partial charge in [0.05, 0.1) is 19.2 Å². The predicted molar refractivity (Wildman–Crippen MR) is 92.0 cm³/mol. The molecule has 3 rings (SSSR count). The van der Waals surface area contributed by atoms with Gasteiger partial charge >= 0.3 is 5.76 Å². The summed E-state index contributed by atoms with van der Waals surface area (Å²) in [6.07, 6.45) is 0. The number of carbonyl (C=O) groups excluding carboxylic acids is 1. The van der Waals surface area contributed by atoms with Gasteiger partial charge < -0.3 is 19.2 Å². The van der Waals surface area contributed by atoms with Crippen LogP contribution in [0.3, 0.4) is 0 Å². The van der Waals surface area contributed by atoms with E-state index in [9.17, 15) is 9.59 Å². The topological polar surface area (TPSA) is 82.7 Å². The molecule has 1 aromatic heterocycles. The van der Waals surface area contributed by atoms with Gasteiger partial charge in [-0.15, -0.1) is 0 Å². The molecule has 0 radical (unpaired) electrons. The molecule has 1 N–H and O–H groups in total. The normalized spacial score (nSPS) is 10.6. The molecule has 7 heteroatoms. The van der Waals surface area contributed by atoms with Crippen molar-refractivity contribution in [3.63, 3.8) is 0 Å². The molecule has 3 aromatic rings. The fourth-order valence-corrected chi connectivity index (χ4v) is 2.45. The maximum absolute atomic E-state index is 12.0. The molecule has 0 bridgehead atoms. The van der Waals surface area contributed by atoms with E-state index in [4.69, 9.17) is 13.9 Å². The molecular formula is C18H18N2O5. The van der Waals surface area contributed by atoms with Crippen molar-refractivity contribution in [1.82, 2.24) is 9.88 Å². The Bertz CT molecular complexity index is 928. The highest BCUT2D eigenvalue weighted by molar-refractivity contribution is 5.79. The third kappa shape index (κ3) is 3.82. The number of benzene rings is 2. The van der Waals surface area contributed by atoms with Gasteiger partial charge in [-0.2, -0.15) is 0 Å². The van der Waals surface area contributed by atoms with Gasteiger partial charge in [-0.1, -0.05) is 24.3 Å². The zero-order chi connectivity index (χ0) is 17.6. The number of carbonyl (C=O) groups is 1. The Morgan fingerprint density at radius 1 is 1.12 bits per heavy atom. The summed E-state index contributed by atoms with van der Waals surface area (Å²) in [5.74, 6) is 0.389. The second-order valence-corrected chi connectivity index (χ2v) is 5.27. The summed E-state index contributed by atoms with van der Waals surface area (Å²) in [5.41, 5.74) is 1.05. The summed E-state index contributed by atoms with van der Waals surface area (Å²) in [6, 6.07) is 14.2. The Hall–Kier alpha value is -3.22. The Morgan fingerprint density at radius 2 is 1.84 bits per heavy atom. The van der Waals surface area contributed by atoms with Crippen molar-refractivity contribution in [2.24, 2.45) is 0 Å². The molecule has 7 nitrogen and oxygen atoms in total. The number of amides is 1. The average Bonchev–Trinajstić information content (AvgIpc) is 2.94. The molecule has 0 atom stereocenters. The zero-order valence-electron chi connectivity index (χ0n) is 13.7. The molecule has 0 saturated carbocycles. The van der Waals surface area contributed by atoms with Gasteiger partial charge in [0.25, 0.3) is 0 Å². The number of nitrogens with zero attached hydrogens (tertiary/aromatic N) is 1. The molecular weight excluding hydrogens is 324 g/mol. The molecule has 25 heavy (non-hydrogen) atoms. The number of para-hydroxylation sites is 4. The maximum atomic E-state index is 12.0. The Balaban J connectivity index is 1.53. The van der Waals surface area contributed by atoms with Crippen molar-refractivity contribution in [3.8, 4) is 11.5 Å². The number of aromatic nitrogens is 1. The van der Waals surface area contributed by atoms with Crippen LogP contribution >= 0.6 is 0 Å². The largest absolute Gasteiger partial charge is 0.493 e. The van der Waals surface area contributed by atoms with Crippen LogP contribution in [0.4, 0.5) is 0 Å². The van der Waals surface area contributed by atoms with Crippen molar-refractivity contribution in [3.05, 3.63) is 59.1 Å². The van der Waals surface area contributed by atoms with Crippen molar-refractivity contribution in [2.75, 3.05) is 20.3 Å². The van der Waals surface area contributed by atoms with E-state index in [-0.39, 0.29) is 19.1 Å².